The summed E-state index contributed by atoms with van der Waals surface area (Å²) >= 11 is 0. The molecule has 1 atom stereocenters. The van der Waals surface area contributed by atoms with Crippen LogP contribution in [0.4, 0.5) is 0 Å². The highest BCUT2D eigenvalue weighted by atomic mass is 16.5. The van der Waals surface area contributed by atoms with E-state index in [1.54, 1.807) is 36.4 Å². The minimum absolute atomic E-state index is 0.0240. The first-order valence-corrected chi connectivity index (χ1v) is 10.5. The molecule has 8 nitrogen and oxygen atoms in total. The third-order valence-corrected chi connectivity index (χ3v) is 5.85. The van der Waals surface area contributed by atoms with Crippen molar-refractivity contribution < 1.29 is 29.3 Å². The highest BCUT2D eigenvalue weighted by Crippen LogP contribution is 2.40. The summed E-state index contributed by atoms with van der Waals surface area (Å²) in [7, 11) is 1.51. The van der Waals surface area contributed by atoms with Gasteiger partial charge in [-0.2, -0.15) is 0 Å². The Bertz CT molecular complexity index is 1030. The Morgan fingerprint density at radius 3 is 2.50 bits per heavy atom. The van der Waals surface area contributed by atoms with Crippen LogP contribution in [0.5, 0.6) is 11.5 Å². The molecule has 2 saturated heterocycles. The lowest BCUT2D eigenvalue weighted by molar-refractivity contribution is -0.140. The van der Waals surface area contributed by atoms with Crippen LogP contribution in [0.15, 0.2) is 54.1 Å². The second kappa shape index (κ2) is 9.42. The normalized spacial score (nSPS) is 21.2. The van der Waals surface area contributed by atoms with Gasteiger partial charge < -0.3 is 24.6 Å². The fraction of sp³-hybridized carbons (Fsp3) is 0.333. The minimum atomic E-state index is -0.761. The standard InChI is InChI=1S/C24H26N2O6/c1-31-19-4-2-3-17(15-19)22(28)20-21(16-5-7-18(27)8-6-16)26(24(30)23(20)29)10-9-25-11-13-32-14-12-25/h2-8,15,21,27-28H,9-14H2,1H3. The van der Waals surface area contributed by atoms with Gasteiger partial charge in [0, 0.05) is 31.7 Å². The third-order valence-electron chi connectivity index (χ3n) is 5.85. The van der Waals surface area contributed by atoms with Crippen molar-refractivity contribution in [3.8, 4) is 11.5 Å². The lowest BCUT2D eigenvalue weighted by atomic mass is 9.95. The van der Waals surface area contributed by atoms with Crippen molar-refractivity contribution in [2.45, 2.75) is 6.04 Å². The van der Waals surface area contributed by atoms with Crippen molar-refractivity contribution in [2.24, 2.45) is 0 Å². The third kappa shape index (κ3) is 4.32. The molecular weight excluding hydrogens is 412 g/mol. The maximum Gasteiger partial charge on any atom is 0.295 e. The number of aromatic hydroxyl groups is 1. The second-order valence-electron chi connectivity index (χ2n) is 7.77. The van der Waals surface area contributed by atoms with Gasteiger partial charge in [-0.05, 0) is 29.8 Å². The Kier molecular flexibility index (Phi) is 6.43. The number of rotatable bonds is 6. The first-order valence-electron chi connectivity index (χ1n) is 10.5. The van der Waals surface area contributed by atoms with Gasteiger partial charge in [0.25, 0.3) is 11.7 Å². The number of carbonyl (C=O) groups is 2. The van der Waals surface area contributed by atoms with E-state index in [-0.39, 0.29) is 17.1 Å². The molecule has 2 aromatic carbocycles. The van der Waals surface area contributed by atoms with Crippen molar-refractivity contribution in [2.75, 3.05) is 46.5 Å². The van der Waals surface area contributed by atoms with Gasteiger partial charge in [-0.25, -0.2) is 0 Å². The summed E-state index contributed by atoms with van der Waals surface area (Å²) in [5.41, 5.74) is 1.05. The Balaban J connectivity index is 1.73. The maximum absolute atomic E-state index is 13.1. The number of phenolic OH excluding ortho intramolecular Hbond substituents is 1. The molecule has 1 amide bonds. The fourth-order valence-corrected chi connectivity index (χ4v) is 4.11. The number of amides is 1. The molecule has 2 aliphatic heterocycles. The number of nitrogens with zero attached hydrogens (tertiary/aromatic N) is 2. The number of hydrogen-bond acceptors (Lipinski definition) is 7. The molecule has 168 valence electrons. The molecular formula is C24H26N2O6. The summed E-state index contributed by atoms with van der Waals surface area (Å²) in [4.78, 5) is 29.8. The van der Waals surface area contributed by atoms with Crippen LogP contribution in [0.1, 0.15) is 17.2 Å². The number of ether oxygens (including phenoxy) is 2. The molecule has 0 bridgehead atoms. The maximum atomic E-state index is 13.1. The van der Waals surface area contributed by atoms with E-state index in [1.807, 2.05) is 0 Å². The van der Waals surface area contributed by atoms with Crippen LogP contribution in [0.3, 0.4) is 0 Å². The molecule has 0 aromatic heterocycles. The molecule has 2 aliphatic rings. The van der Waals surface area contributed by atoms with Crippen LogP contribution < -0.4 is 4.74 Å². The predicted octanol–water partition coefficient (Wildman–Crippen LogP) is 2.15. The van der Waals surface area contributed by atoms with Gasteiger partial charge >= 0.3 is 0 Å². The van der Waals surface area contributed by atoms with Crippen LogP contribution in [-0.2, 0) is 14.3 Å². The summed E-state index contributed by atoms with van der Waals surface area (Å²) in [5, 5.41) is 20.8. The Labute approximate surface area is 186 Å². The second-order valence-corrected chi connectivity index (χ2v) is 7.77. The lowest BCUT2D eigenvalue weighted by Gasteiger charge is -2.31. The van der Waals surface area contributed by atoms with Gasteiger partial charge in [0.15, 0.2) is 0 Å². The number of likely N-dealkylation sites (tertiary alicyclic amines) is 1. The number of benzene rings is 2. The average Bonchev–Trinajstić information content (AvgIpc) is 3.08. The van der Waals surface area contributed by atoms with Crippen LogP contribution >= 0.6 is 0 Å². The Morgan fingerprint density at radius 1 is 1.09 bits per heavy atom. The number of phenols is 1. The number of carbonyl (C=O) groups excluding carboxylic acids is 2. The van der Waals surface area contributed by atoms with E-state index in [9.17, 15) is 19.8 Å². The highest BCUT2D eigenvalue weighted by Gasteiger charge is 2.46. The Hall–Kier alpha value is -3.36. The zero-order valence-electron chi connectivity index (χ0n) is 17.9. The molecule has 2 aromatic rings. The highest BCUT2D eigenvalue weighted by molar-refractivity contribution is 6.46. The van der Waals surface area contributed by atoms with Crippen molar-refractivity contribution >= 4 is 17.4 Å². The lowest BCUT2D eigenvalue weighted by Crippen LogP contribution is -2.42. The van der Waals surface area contributed by atoms with Crippen molar-refractivity contribution in [1.82, 2.24) is 9.80 Å². The number of aliphatic hydroxyl groups is 1. The quantitative estimate of drug-likeness (QED) is 0.405. The summed E-state index contributed by atoms with van der Waals surface area (Å²) in [6.07, 6.45) is 0. The van der Waals surface area contributed by atoms with Crippen molar-refractivity contribution in [3.63, 3.8) is 0 Å². The number of morpholine rings is 1. The van der Waals surface area contributed by atoms with Gasteiger partial charge in [0.05, 0.1) is 31.9 Å². The van der Waals surface area contributed by atoms with Crippen molar-refractivity contribution in [3.05, 3.63) is 65.2 Å². The summed E-state index contributed by atoms with van der Waals surface area (Å²) in [6, 6.07) is 12.3. The molecule has 8 heteroatoms. The molecule has 0 aliphatic carbocycles. The topological polar surface area (TPSA) is 99.5 Å². The van der Waals surface area contributed by atoms with Gasteiger partial charge in [-0.1, -0.05) is 24.3 Å². The molecule has 1 unspecified atom stereocenters. The van der Waals surface area contributed by atoms with Gasteiger partial charge in [-0.3, -0.25) is 14.5 Å². The molecule has 0 radical (unpaired) electrons. The molecule has 2 heterocycles. The summed E-state index contributed by atoms with van der Waals surface area (Å²) < 4.78 is 10.6. The van der Waals surface area contributed by atoms with E-state index in [4.69, 9.17) is 9.47 Å². The minimum Gasteiger partial charge on any atom is -0.508 e. The van der Waals surface area contributed by atoms with Crippen LogP contribution in [0.25, 0.3) is 5.76 Å². The number of methoxy groups -OCH3 is 1. The first-order chi connectivity index (χ1) is 15.5. The number of Topliss-reactive ketones (excluding diaryl/α,β-unsaturated/α-hetero) is 1. The number of ketones is 1. The molecule has 0 saturated carbocycles. The zero-order chi connectivity index (χ0) is 22.7. The molecule has 2 N–H and O–H groups in total. The van der Waals surface area contributed by atoms with Crippen LogP contribution in [-0.4, -0.2) is 78.2 Å². The smallest absolute Gasteiger partial charge is 0.295 e. The van der Waals surface area contributed by atoms with Gasteiger partial charge in [0.1, 0.15) is 17.3 Å². The molecule has 4 rings (SSSR count). The van der Waals surface area contributed by atoms with Crippen LogP contribution in [0.2, 0.25) is 0 Å². The first kappa shape index (κ1) is 21.9. The van der Waals surface area contributed by atoms with Crippen molar-refractivity contribution in [1.29, 1.82) is 0 Å². The zero-order valence-corrected chi connectivity index (χ0v) is 17.9. The van der Waals surface area contributed by atoms with E-state index < -0.39 is 17.7 Å². The predicted molar refractivity (Wildman–Crippen MR) is 117 cm³/mol. The monoisotopic (exact) mass is 438 g/mol. The molecule has 32 heavy (non-hydrogen) atoms. The Morgan fingerprint density at radius 2 is 1.81 bits per heavy atom. The SMILES string of the molecule is COc1cccc(C(O)=C2C(=O)C(=O)N(CCN3CCOCC3)C2c2ccc(O)cc2)c1. The summed E-state index contributed by atoms with van der Waals surface area (Å²) in [6.45, 7) is 3.70. The molecule has 0 spiro atoms. The average molecular weight is 438 g/mol. The van der Waals surface area contributed by atoms with E-state index in [0.717, 1.165) is 13.1 Å². The van der Waals surface area contributed by atoms with E-state index in [2.05, 4.69) is 4.90 Å². The van der Waals surface area contributed by atoms with E-state index in [1.165, 1.54) is 24.1 Å². The largest absolute Gasteiger partial charge is 0.508 e. The molecule has 2 fully saturated rings. The summed E-state index contributed by atoms with van der Waals surface area (Å²) in [5.74, 6) is -1.04. The fourth-order valence-electron chi connectivity index (χ4n) is 4.11. The van der Waals surface area contributed by atoms with E-state index in [0.29, 0.717) is 43.2 Å². The van der Waals surface area contributed by atoms with Gasteiger partial charge in [-0.15, -0.1) is 0 Å². The number of hydrogen-bond donors (Lipinski definition) is 2. The van der Waals surface area contributed by atoms with Gasteiger partial charge in [0.2, 0.25) is 0 Å². The van der Waals surface area contributed by atoms with Crippen LogP contribution in [0, 0.1) is 0 Å². The number of aliphatic hydroxyl groups excluding tert-OH is 1. The van der Waals surface area contributed by atoms with E-state index >= 15 is 0 Å².